The Kier molecular flexibility index (Phi) is 4.93. The largest absolute Gasteiger partial charge is 0.396 e. The van der Waals surface area contributed by atoms with E-state index in [0.29, 0.717) is 17.4 Å². The SMILES string of the molecule is CN(CCCO)C1CCN(c2nc3ccccc3c(=O)[nH]2)CC1. The van der Waals surface area contributed by atoms with Gasteiger partial charge < -0.3 is 14.9 Å². The molecule has 6 nitrogen and oxygen atoms in total. The molecular formula is C17H24N4O2. The average molecular weight is 316 g/mol. The molecule has 1 saturated heterocycles. The second kappa shape index (κ2) is 7.10. The Morgan fingerprint density at radius 3 is 2.83 bits per heavy atom. The third kappa shape index (κ3) is 3.54. The van der Waals surface area contributed by atoms with Gasteiger partial charge in [0.05, 0.1) is 10.9 Å². The number of hydrogen-bond acceptors (Lipinski definition) is 5. The minimum absolute atomic E-state index is 0.0761. The summed E-state index contributed by atoms with van der Waals surface area (Å²) in [4.78, 5) is 24.2. The number of aromatic amines is 1. The lowest BCUT2D eigenvalue weighted by Gasteiger charge is -2.37. The van der Waals surface area contributed by atoms with E-state index in [2.05, 4.69) is 26.8 Å². The smallest absolute Gasteiger partial charge is 0.260 e. The lowest BCUT2D eigenvalue weighted by molar-refractivity contribution is 0.184. The van der Waals surface area contributed by atoms with E-state index in [0.717, 1.165) is 44.4 Å². The molecule has 1 fully saturated rings. The molecule has 2 N–H and O–H groups in total. The van der Waals surface area contributed by atoms with Gasteiger partial charge in [0.15, 0.2) is 0 Å². The summed E-state index contributed by atoms with van der Waals surface area (Å²) < 4.78 is 0. The van der Waals surface area contributed by atoms with Gasteiger partial charge in [-0.05, 0) is 38.4 Å². The van der Waals surface area contributed by atoms with Gasteiger partial charge >= 0.3 is 0 Å². The van der Waals surface area contributed by atoms with Gasteiger partial charge in [0.2, 0.25) is 5.95 Å². The standard InChI is InChI=1S/C17H24N4O2/c1-20(9-4-12-22)13-7-10-21(11-8-13)17-18-15-6-3-2-5-14(15)16(23)19-17/h2-3,5-6,13,22H,4,7-12H2,1H3,(H,18,19,23). The molecule has 1 aliphatic rings. The molecule has 124 valence electrons. The van der Waals surface area contributed by atoms with E-state index < -0.39 is 0 Å². The molecule has 2 aromatic rings. The van der Waals surface area contributed by atoms with Crippen LogP contribution in [-0.4, -0.2) is 59.3 Å². The number of para-hydroxylation sites is 1. The number of rotatable bonds is 5. The monoisotopic (exact) mass is 316 g/mol. The van der Waals surface area contributed by atoms with Gasteiger partial charge in [0.1, 0.15) is 0 Å². The summed E-state index contributed by atoms with van der Waals surface area (Å²) in [6, 6.07) is 7.97. The fourth-order valence-electron chi connectivity index (χ4n) is 3.24. The fourth-order valence-corrected chi connectivity index (χ4v) is 3.24. The Morgan fingerprint density at radius 2 is 2.09 bits per heavy atom. The maximum atomic E-state index is 12.2. The van der Waals surface area contributed by atoms with E-state index in [4.69, 9.17) is 5.11 Å². The van der Waals surface area contributed by atoms with Gasteiger partial charge in [-0.15, -0.1) is 0 Å². The lowest BCUT2D eigenvalue weighted by atomic mass is 10.0. The minimum atomic E-state index is -0.0761. The van der Waals surface area contributed by atoms with Gasteiger partial charge in [0.25, 0.3) is 5.56 Å². The third-order valence-corrected chi connectivity index (χ3v) is 4.66. The zero-order chi connectivity index (χ0) is 16.2. The fraction of sp³-hybridized carbons (Fsp3) is 0.529. The molecule has 3 rings (SSSR count). The topological polar surface area (TPSA) is 72.5 Å². The summed E-state index contributed by atoms with van der Waals surface area (Å²) in [5.74, 6) is 0.671. The Hall–Kier alpha value is -1.92. The van der Waals surface area contributed by atoms with Crippen molar-refractivity contribution in [3.05, 3.63) is 34.6 Å². The lowest BCUT2D eigenvalue weighted by Crippen LogP contribution is -2.44. The van der Waals surface area contributed by atoms with Crippen molar-refractivity contribution in [3.63, 3.8) is 0 Å². The summed E-state index contributed by atoms with van der Waals surface area (Å²) >= 11 is 0. The molecule has 0 atom stereocenters. The van der Waals surface area contributed by atoms with Crippen molar-refractivity contribution < 1.29 is 5.11 Å². The van der Waals surface area contributed by atoms with Crippen molar-refractivity contribution >= 4 is 16.9 Å². The zero-order valence-corrected chi connectivity index (χ0v) is 13.5. The molecule has 1 aromatic heterocycles. The first-order chi connectivity index (χ1) is 11.2. The third-order valence-electron chi connectivity index (χ3n) is 4.66. The summed E-state index contributed by atoms with van der Waals surface area (Å²) in [6.07, 6.45) is 2.90. The van der Waals surface area contributed by atoms with Crippen LogP contribution < -0.4 is 10.5 Å². The number of hydrogen-bond donors (Lipinski definition) is 2. The maximum absolute atomic E-state index is 12.2. The highest BCUT2D eigenvalue weighted by atomic mass is 16.3. The second-order valence-corrected chi connectivity index (χ2v) is 6.18. The Labute approximate surface area is 135 Å². The Bertz CT molecular complexity index is 707. The summed E-state index contributed by atoms with van der Waals surface area (Å²) in [7, 11) is 2.12. The Balaban J connectivity index is 1.69. The Morgan fingerprint density at radius 1 is 1.35 bits per heavy atom. The van der Waals surface area contributed by atoms with Gasteiger partial charge in [-0.25, -0.2) is 4.98 Å². The zero-order valence-electron chi connectivity index (χ0n) is 13.5. The number of anilines is 1. The summed E-state index contributed by atoms with van der Waals surface area (Å²) in [5.41, 5.74) is 0.668. The molecule has 2 heterocycles. The molecule has 6 heteroatoms. The molecule has 0 bridgehead atoms. The highest BCUT2D eigenvalue weighted by molar-refractivity contribution is 5.78. The van der Waals surface area contributed by atoms with Crippen molar-refractivity contribution in [1.29, 1.82) is 0 Å². The van der Waals surface area contributed by atoms with E-state index in [-0.39, 0.29) is 12.2 Å². The number of fused-ring (bicyclic) bond motifs is 1. The van der Waals surface area contributed by atoms with Gasteiger partial charge in [0, 0.05) is 32.3 Å². The first-order valence-electron chi connectivity index (χ1n) is 8.24. The van der Waals surface area contributed by atoms with E-state index in [1.165, 1.54) is 0 Å². The van der Waals surface area contributed by atoms with Crippen LogP contribution in [0.4, 0.5) is 5.95 Å². The number of nitrogens with zero attached hydrogens (tertiary/aromatic N) is 3. The molecule has 0 saturated carbocycles. The van der Waals surface area contributed by atoms with Crippen LogP contribution in [0.5, 0.6) is 0 Å². The highest BCUT2D eigenvalue weighted by Crippen LogP contribution is 2.20. The van der Waals surface area contributed by atoms with Crippen LogP contribution >= 0.6 is 0 Å². The minimum Gasteiger partial charge on any atom is -0.396 e. The van der Waals surface area contributed by atoms with Crippen molar-refractivity contribution in [2.24, 2.45) is 0 Å². The number of H-pyrrole nitrogens is 1. The van der Waals surface area contributed by atoms with Crippen LogP contribution in [-0.2, 0) is 0 Å². The predicted octanol–water partition coefficient (Wildman–Crippen LogP) is 1.21. The van der Waals surface area contributed by atoms with Crippen molar-refractivity contribution in [2.75, 3.05) is 38.2 Å². The number of benzene rings is 1. The molecule has 1 aromatic carbocycles. The van der Waals surface area contributed by atoms with E-state index >= 15 is 0 Å². The first kappa shape index (κ1) is 16.0. The molecule has 0 unspecified atom stereocenters. The van der Waals surface area contributed by atoms with Gasteiger partial charge in [-0.3, -0.25) is 9.78 Å². The normalized spacial score (nSPS) is 16.4. The second-order valence-electron chi connectivity index (χ2n) is 6.18. The number of piperidine rings is 1. The van der Waals surface area contributed by atoms with Crippen LogP contribution in [0, 0.1) is 0 Å². The maximum Gasteiger partial charge on any atom is 0.260 e. The summed E-state index contributed by atoms with van der Waals surface area (Å²) in [5, 5.41) is 9.57. The molecule has 0 radical (unpaired) electrons. The van der Waals surface area contributed by atoms with E-state index in [9.17, 15) is 4.79 Å². The van der Waals surface area contributed by atoms with Crippen molar-refractivity contribution in [1.82, 2.24) is 14.9 Å². The molecule has 1 aliphatic heterocycles. The van der Waals surface area contributed by atoms with Crippen LogP contribution in [0.2, 0.25) is 0 Å². The molecule has 0 amide bonds. The number of aromatic nitrogens is 2. The summed E-state index contributed by atoms with van der Waals surface area (Å²) in [6.45, 7) is 2.93. The number of aliphatic hydroxyl groups is 1. The molecule has 0 aliphatic carbocycles. The molecule has 0 spiro atoms. The highest BCUT2D eigenvalue weighted by Gasteiger charge is 2.23. The first-order valence-corrected chi connectivity index (χ1v) is 8.24. The quantitative estimate of drug-likeness (QED) is 0.867. The van der Waals surface area contributed by atoms with Crippen molar-refractivity contribution in [2.45, 2.75) is 25.3 Å². The predicted molar refractivity (Wildman–Crippen MR) is 91.9 cm³/mol. The molecule has 23 heavy (non-hydrogen) atoms. The average Bonchev–Trinajstić information content (AvgIpc) is 2.60. The number of nitrogens with one attached hydrogen (secondary N) is 1. The van der Waals surface area contributed by atoms with Crippen molar-refractivity contribution in [3.8, 4) is 0 Å². The van der Waals surface area contributed by atoms with E-state index in [1.54, 1.807) is 6.07 Å². The van der Waals surface area contributed by atoms with Crippen LogP contribution in [0.1, 0.15) is 19.3 Å². The molecular weight excluding hydrogens is 292 g/mol. The van der Waals surface area contributed by atoms with Gasteiger partial charge in [-0.1, -0.05) is 12.1 Å². The van der Waals surface area contributed by atoms with Crippen LogP contribution in [0.3, 0.4) is 0 Å². The number of aliphatic hydroxyl groups excluding tert-OH is 1. The van der Waals surface area contributed by atoms with Crippen LogP contribution in [0.15, 0.2) is 29.1 Å². The van der Waals surface area contributed by atoms with Crippen LogP contribution in [0.25, 0.3) is 10.9 Å². The van der Waals surface area contributed by atoms with Gasteiger partial charge in [-0.2, -0.15) is 0 Å². The van der Waals surface area contributed by atoms with E-state index in [1.807, 2.05) is 18.2 Å².